The van der Waals surface area contributed by atoms with Crippen LogP contribution in [0.2, 0.25) is 0 Å². The standard InChI is InChI=1S/C16H25BrN2/c1-2-19(12-13-4-3-5-13)11-10-16(18)14-6-8-15(17)9-7-14/h6-9,13,16H,2-5,10-12,18H2,1H3. The number of benzene rings is 1. The zero-order chi connectivity index (χ0) is 13.7. The number of halogens is 1. The van der Waals surface area contributed by atoms with Crippen molar-refractivity contribution in [2.45, 2.75) is 38.6 Å². The Bertz CT molecular complexity index is 373. The maximum atomic E-state index is 6.28. The van der Waals surface area contributed by atoms with Gasteiger partial charge in [-0.1, -0.05) is 41.4 Å². The first-order valence-corrected chi connectivity index (χ1v) is 8.21. The zero-order valence-corrected chi connectivity index (χ0v) is 13.4. The Kier molecular flexibility index (Phi) is 5.86. The molecule has 0 aliphatic heterocycles. The Labute approximate surface area is 125 Å². The number of hydrogen-bond donors (Lipinski definition) is 1. The SMILES string of the molecule is CCN(CCC(N)c1ccc(Br)cc1)CC1CCC1. The lowest BCUT2D eigenvalue weighted by atomic mass is 9.85. The molecule has 1 aromatic rings. The lowest BCUT2D eigenvalue weighted by Crippen LogP contribution is -2.34. The molecule has 0 amide bonds. The van der Waals surface area contributed by atoms with E-state index < -0.39 is 0 Å². The van der Waals surface area contributed by atoms with Crippen molar-refractivity contribution in [3.8, 4) is 0 Å². The van der Waals surface area contributed by atoms with Gasteiger partial charge in [-0.05, 0) is 56.0 Å². The summed E-state index contributed by atoms with van der Waals surface area (Å²) in [6.45, 7) is 5.78. The van der Waals surface area contributed by atoms with Crippen LogP contribution in [-0.2, 0) is 0 Å². The number of hydrogen-bond acceptors (Lipinski definition) is 2. The van der Waals surface area contributed by atoms with E-state index in [1.165, 1.54) is 31.4 Å². The molecule has 19 heavy (non-hydrogen) atoms. The van der Waals surface area contributed by atoms with Crippen LogP contribution in [0, 0.1) is 5.92 Å². The van der Waals surface area contributed by atoms with Crippen LogP contribution in [0.3, 0.4) is 0 Å². The van der Waals surface area contributed by atoms with Crippen molar-refractivity contribution < 1.29 is 0 Å². The zero-order valence-electron chi connectivity index (χ0n) is 11.8. The summed E-state index contributed by atoms with van der Waals surface area (Å²) in [5.41, 5.74) is 7.52. The smallest absolute Gasteiger partial charge is 0.0307 e. The second-order valence-corrected chi connectivity index (χ2v) is 6.55. The molecule has 0 spiro atoms. The van der Waals surface area contributed by atoms with Gasteiger partial charge in [-0.25, -0.2) is 0 Å². The van der Waals surface area contributed by atoms with Gasteiger partial charge in [-0.3, -0.25) is 0 Å². The predicted octanol–water partition coefficient (Wildman–Crippen LogP) is 3.96. The van der Waals surface area contributed by atoms with Gasteiger partial charge in [0.05, 0.1) is 0 Å². The summed E-state index contributed by atoms with van der Waals surface area (Å²) < 4.78 is 1.11. The number of nitrogens with zero attached hydrogens (tertiary/aromatic N) is 1. The van der Waals surface area contributed by atoms with Crippen LogP contribution in [0.15, 0.2) is 28.7 Å². The van der Waals surface area contributed by atoms with Crippen molar-refractivity contribution in [3.05, 3.63) is 34.3 Å². The highest BCUT2D eigenvalue weighted by atomic mass is 79.9. The third-order valence-electron chi connectivity index (χ3n) is 4.24. The quantitative estimate of drug-likeness (QED) is 0.822. The van der Waals surface area contributed by atoms with Crippen LogP contribution in [0.4, 0.5) is 0 Å². The average molecular weight is 325 g/mol. The molecule has 2 rings (SSSR count). The van der Waals surface area contributed by atoms with E-state index in [1.807, 2.05) is 0 Å². The van der Waals surface area contributed by atoms with E-state index in [-0.39, 0.29) is 6.04 Å². The molecule has 1 atom stereocenters. The Balaban J connectivity index is 1.77. The minimum Gasteiger partial charge on any atom is -0.324 e. The normalized spacial score (nSPS) is 17.5. The van der Waals surface area contributed by atoms with Crippen molar-refractivity contribution in [1.29, 1.82) is 0 Å². The van der Waals surface area contributed by atoms with Crippen molar-refractivity contribution >= 4 is 15.9 Å². The van der Waals surface area contributed by atoms with Gasteiger partial charge >= 0.3 is 0 Å². The summed E-state index contributed by atoms with van der Waals surface area (Å²) in [6, 6.07) is 8.54. The van der Waals surface area contributed by atoms with Gasteiger partial charge in [0.2, 0.25) is 0 Å². The summed E-state index contributed by atoms with van der Waals surface area (Å²) in [7, 11) is 0. The average Bonchev–Trinajstić information content (AvgIpc) is 2.37. The molecule has 1 unspecified atom stereocenters. The molecular weight excluding hydrogens is 300 g/mol. The fourth-order valence-electron chi connectivity index (χ4n) is 2.62. The Morgan fingerprint density at radius 2 is 2.00 bits per heavy atom. The molecule has 0 saturated heterocycles. The second-order valence-electron chi connectivity index (χ2n) is 5.64. The largest absolute Gasteiger partial charge is 0.324 e. The molecule has 3 heteroatoms. The number of nitrogens with two attached hydrogens (primary N) is 1. The fourth-order valence-corrected chi connectivity index (χ4v) is 2.88. The van der Waals surface area contributed by atoms with E-state index >= 15 is 0 Å². The van der Waals surface area contributed by atoms with Crippen LogP contribution >= 0.6 is 15.9 Å². The molecule has 0 radical (unpaired) electrons. The van der Waals surface area contributed by atoms with Gasteiger partial charge in [-0.2, -0.15) is 0 Å². The summed E-state index contributed by atoms with van der Waals surface area (Å²) in [5.74, 6) is 0.948. The van der Waals surface area contributed by atoms with Crippen molar-refractivity contribution in [2.75, 3.05) is 19.6 Å². The van der Waals surface area contributed by atoms with Crippen molar-refractivity contribution in [2.24, 2.45) is 11.7 Å². The van der Waals surface area contributed by atoms with Crippen LogP contribution in [-0.4, -0.2) is 24.5 Å². The van der Waals surface area contributed by atoms with Crippen LogP contribution in [0.25, 0.3) is 0 Å². The van der Waals surface area contributed by atoms with E-state index in [0.29, 0.717) is 0 Å². The van der Waals surface area contributed by atoms with Crippen LogP contribution < -0.4 is 5.73 Å². The molecule has 0 aromatic heterocycles. The van der Waals surface area contributed by atoms with E-state index in [1.54, 1.807) is 0 Å². The molecule has 1 aromatic carbocycles. The molecule has 0 bridgehead atoms. The van der Waals surface area contributed by atoms with Gasteiger partial charge in [0, 0.05) is 17.1 Å². The van der Waals surface area contributed by atoms with Crippen molar-refractivity contribution in [1.82, 2.24) is 4.90 Å². The highest BCUT2D eigenvalue weighted by Crippen LogP contribution is 2.27. The van der Waals surface area contributed by atoms with E-state index in [2.05, 4.69) is 52.0 Å². The summed E-state index contributed by atoms with van der Waals surface area (Å²) in [6.07, 6.45) is 5.33. The Morgan fingerprint density at radius 1 is 1.32 bits per heavy atom. The van der Waals surface area contributed by atoms with Gasteiger partial charge in [-0.15, -0.1) is 0 Å². The molecule has 1 aliphatic rings. The fraction of sp³-hybridized carbons (Fsp3) is 0.625. The lowest BCUT2D eigenvalue weighted by Gasteiger charge is -2.32. The highest BCUT2D eigenvalue weighted by Gasteiger charge is 2.20. The van der Waals surface area contributed by atoms with Gasteiger partial charge < -0.3 is 10.6 Å². The molecule has 106 valence electrons. The van der Waals surface area contributed by atoms with E-state index in [0.717, 1.165) is 29.9 Å². The predicted molar refractivity (Wildman–Crippen MR) is 85.1 cm³/mol. The monoisotopic (exact) mass is 324 g/mol. The first kappa shape index (κ1) is 15.0. The summed E-state index contributed by atoms with van der Waals surface area (Å²) in [5, 5.41) is 0. The maximum Gasteiger partial charge on any atom is 0.0307 e. The molecule has 2 N–H and O–H groups in total. The Morgan fingerprint density at radius 3 is 2.53 bits per heavy atom. The van der Waals surface area contributed by atoms with Gasteiger partial charge in [0.1, 0.15) is 0 Å². The molecule has 0 heterocycles. The first-order valence-electron chi connectivity index (χ1n) is 7.42. The van der Waals surface area contributed by atoms with E-state index in [4.69, 9.17) is 5.73 Å². The Hall–Kier alpha value is -0.380. The molecule has 1 saturated carbocycles. The topological polar surface area (TPSA) is 29.3 Å². The molecule has 1 aliphatic carbocycles. The summed E-state index contributed by atoms with van der Waals surface area (Å²) in [4.78, 5) is 2.56. The van der Waals surface area contributed by atoms with Crippen LogP contribution in [0.5, 0.6) is 0 Å². The third-order valence-corrected chi connectivity index (χ3v) is 4.77. The summed E-state index contributed by atoms with van der Waals surface area (Å²) >= 11 is 3.46. The molecule has 1 fully saturated rings. The lowest BCUT2D eigenvalue weighted by molar-refractivity contribution is 0.180. The van der Waals surface area contributed by atoms with Gasteiger partial charge in [0.25, 0.3) is 0 Å². The maximum absolute atomic E-state index is 6.28. The van der Waals surface area contributed by atoms with Crippen molar-refractivity contribution in [3.63, 3.8) is 0 Å². The van der Waals surface area contributed by atoms with E-state index in [9.17, 15) is 0 Å². The minimum atomic E-state index is 0.156. The van der Waals surface area contributed by atoms with Gasteiger partial charge in [0.15, 0.2) is 0 Å². The highest BCUT2D eigenvalue weighted by molar-refractivity contribution is 9.10. The molecular formula is C16H25BrN2. The third kappa shape index (κ3) is 4.59. The van der Waals surface area contributed by atoms with Crippen LogP contribution in [0.1, 0.15) is 44.2 Å². The number of rotatable bonds is 7. The first-order chi connectivity index (χ1) is 9.19. The minimum absolute atomic E-state index is 0.156. The molecule has 2 nitrogen and oxygen atoms in total. The second kappa shape index (κ2) is 7.41.